The lowest BCUT2D eigenvalue weighted by Crippen LogP contribution is -2.28. The first-order chi connectivity index (χ1) is 12.6. The van der Waals surface area contributed by atoms with Gasteiger partial charge in [0, 0.05) is 32.1 Å². The Labute approximate surface area is 158 Å². The zero-order valence-electron chi connectivity index (χ0n) is 15.2. The van der Waals surface area contributed by atoms with Crippen molar-refractivity contribution < 1.29 is 9.59 Å². The molecule has 1 aromatic heterocycles. The highest BCUT2D eigenvalue weighted by Gasteiger charge is 2.32. The number of allylic oxidation sites excluding steroid dienone is 1. The summed E-state index contributed by atoms with van der Waals surface area (Å²) in [6, 6.07) is 10.1. The number of thiophene rings is 1. The highest BCUT2D eigenvalue weighted by atomic mass is 32.1. The van der Waals surface area contributed by atoms with Crippen molar-refractivity contribution in [2.24, 2.45) is 0 Å². The summed E-state index contributed by atoms with van der Waals surface area (Å²) >= 11 is 1.62. The number of hydrogen-bond acceptors (Lipinski definition) is 5. The Kier molecular flexibility index (Phi) is 6.01. The topological polar surface area (TPSA) is 49.4 Å². The van der Waals surface area contributed by atoms with E-state index in [0.717, 1.165) is 23.2 Å². The summed E-state index contributed by atoms with van der Waals surface area (Å²) < 4.78 is 0. The van der Waals surface area contributed by atoms with Crippen LogP contribution in [0.15, 0.2) is 52.9 Å². The van der Waals surface area contributed by atoms with Gasteiger partial charge in [0.2, 0.25) is 0 Å². The third kappa shape index (κ3) is 4.29. The van der Waals surface area contributed by atoms with Gasteiger partial charge in [0.1, 0.15) is 0 Å². The van der Waals surface area contributed by atoms with Crippen molar-refractivity contribution in [2.45, 2.75) is 18.8 Å². The van der Waals surface area contributed by atoms with Crippen molar-refractivity contribution in [1.82, 2.24) is 10.2 Å². The summed E-state index contributed by atoms with van der Waals surface area (Å²) in [6.07, 6.45) is 2.39. The van der Waals surface area contributed by atoms with Gasteiger partial charge in [-0.05, 0) is 47.5 Å². The second kappa shape index (κ2) is 8.43. The Morgan fingerprint density at radius 2 is 1.81 bits per heavy atom. The zero-order chi connectivity index (χ0) is 18.5. The highest BCUT2D eigenvalue weighted by molar-refractivity contribution is 7.08. The van der Waals surface area contributed by atoms with Crippen LogP contribution < -0.4 is 5.32 Å². The summed E-state index contributed by atoms with van der Waals surface area (Å²) in [5, 5.41) is 7.28. The lowest BCUT2D eigenvalue weighted by Gasteiger charge is -2.23. The summed E-state index contributed by atoms with van der Waals surface area (Å²) in [4.78, 5) is 27.1. The van der Waals surface area contributed by atoms with E-state index in [4.69, 9.17) is 0 Å². The van der Waals surface area contributed by atoms with Gasteiger partial charge < -0.3 is 10.2 Å². The van der Waals surface area contributed by atoms with Crippen LogP contribution in [0.2, 0.25) is 0 Å². The number of nitrogens with one attached hydrogen (secondary N) is 1. The minimum atomic E-state index is -0.0613. The molecule has 1 fully saturated rings. The van der Waals surface area contributed by atoms with Gasteiger partial charge in [0.15, 0.2) is 11.6 Å². The van der Waals surface area contributed by atoms with E-state index in [9.17, 15) is 9.59 Å². The predicted octanol–water partition coefficient (Wildman–Crippen LogP) is 3.47. The van der Waals surface area contributed by atoms with Gasteiger partial charge >= 0.3 is 0 Å². The fourth-order valence-corrected chi connectivity index (χ4v) is 4.16. The minimum absolute atomic E-state index is 0.0321. The standard InChI is InChI=1S/C21H24N2O2S/c1-23(2)9-8-22-12-17-20(24)10-16(11-21(17)25)19-14-26-13-18(19)15-6-4-3-5-7-15/h3-7,12-14,16,22H,8-11H2,1-2H3. The Hall–Kier alpha value is -2.24. The van der Waals surface area contributed by atoms with E-state index < -0.39 is 0 Å². The van der Waals surface area contributed by atoms with Crippen molar-refractivity contribution in [3.05, 3.63) is 58.4 Å². The molecule has 26 heavy (non-hydrogen) atoms. The molecular weight excluding hydrogens is 344 g/mol. The minimum Gasteiger partial charge on any atom is -0.389 e. The number of hydrogen-bond donors (Lipinski definition) is 1. The SMILES string of the molecule is CN(C)CCNC=C1C(=O)CC(c2cscc2-c2ccccc2)CC1=O. The molecule has 1 saturated carbocycles. The van der Waals surface area contributed by atoms with Gasteiger partial charge in [-0.3, -0.25) is 9.59 Å². The highest BCUT2D eigenvalue weighted by Crippen LogP contribution is 2.39. The number of likely N-dealkylation sites (N-methyl/N-ethyl adjacent to an activating group) is 1. The van der Waals surface area contributed by atoms with Crippen LogP contribution in [0, 0.1) is 0 Å². The molecule has 0 unspecified atom stereocenters. The fraction of sp³-hybridized carbons (Fsp3) is 0.333. The maximum Gasteiger partial charge on any atom is 0.168 e. The molecule has 0 amide bonds. The van der Waals surface area contributed by atoms with Crippen LogP contribution in [0.3, 0.4) is 0 Å². The lowest BCUT2D eigenvalue weighted by molar-refractivity contribution is -0.124. The largest absolute Gasteiger partial charge is 0.389 e. The number of ketones is 2. The van der Waals surface area contributed by atoms with Crippen LogP contribution in [0.4, 0.5) is 0 Å². The van der Waals surface area contributed by atoms with Crippen LogP contribution in [0.25, 0.3) is 11.1 Å². The molecule has 0 radical (unpaired) electrons. The molecule has 0 saturated heterocycles. The Bertz CT molecular complexity index is 788. The van der Waals surface area contributed by atoms with E-state index in [0.29, 0.717) is 25.0 Å². The molecule has 0 spiro atoms. The van der Waals surface area contributed by atoms with Gasteiger partial charge in [0.25, 0.3) is 0 Å². The van der Waals surface area contributed by atoms with Crippen molar-refractivity contribution in [1.29, 1.82) is 0 Å². The van der Waals surface area contributed by atoms with Crippen molar-refractivity contribution in [3.8, 4) is 11.1 Å². The normalized spacial score (nSPS) is 17.7. The Morgan fingerprint density at radius 1 is 1.12 bits per heavy atom. The zero-order valence-corrected chi connectivity index (χ0v) is 16.0. The second-order valence-corrected chi connectivity index (χ2v) is 7.62. The molecule has 4 nitrogen and oxygen atoms in total. The molecule has 1 aromatic carbocycles. The van der Waals surface area contributed by atoms with E-state index in [1.165, 1.54) is 0 Å². The molecule has 0 bridgehead atoms. The molecule has 1 heterocycles. The number of Topliss-reactive ketones (excluding diaryl/α,β-unsaturated/α-hetero) is 2. The molecule has 3 rings (SSSR count). The average Bonchev–Trinajstić information content (AvgIpc) is 3.10. The van der Waals surface area contributed by atoms with E-state index >= 15 is 0 Å². The van der Waals surface area contributed by atoms with Crippen molar-refractivity contribution in [3.63, 3.8) is 0 Å². The van der Waals surface area contributed by atoms with Gasteiger partial charge in [-0.1, -0.05) is 30.3 Å². The van der Waals surface area contributed by atoms with Crippen molar-refractivity contribution in [2.75, 3.05) is 27.2 Å². The molecule has 2 aromatic rings. The molecule has 0 atom stereocenters. The van der Waals surface area contributed by atoms with Crippen LogP contribution in [0.1, 0.15) is 24.3 Å². The molecule has 136 valence electrons. The molecule has 1 N–H and O–H groups in total. The summed E-state index contributed by atoms with van der Waals surface area (Å²) in [5.74, 6) is -0.155. The second-order valence-electron chi connectivity index (χ2n) is 6.87. The van der Waals surface area contributed by atoms with Gasteiger partial charge in [-0.2, -0.15) is 11.3 Å². The number of nitrogens with zero attached hydrogens (tertiary/aromatic N) is 1. The molecular formula is C21H24N2O2S. The Morgan fingerprint density at radius 3 is 2.46 bits per heavy atom. The fourth-order valence-electron chi connectivity index (χ4n) is 3.21. The monoisotopic (exact) mass is 368 g/mol. The maximum atomic E-state index is 12.6. The Balaban J connectivity index is 1.73. The number of rotatable bonds is 6. The van der Waals surface area contributed by atoms with Crippen LogP contribution in [-0.4, -0.2) is 43.7 Å². The number of carbonyl (C=O) groups is 2. The van der Waals surface area contributed by atoms with Gasteiger partial charge in [-0.15, -0.1) is 0 Å². The van der Waals surface area contributed by atoms with Crippen LogP contribution in [-0.2, 0) is 9.59 Å². The van der Waals surface area contributed by atoms with Crippen molar-refractivity contribution >= 4 is 22.9 Å². The third-order valence-corrected chi connectivity index (χ3v) is 5.39. The lowest BCUT2D eigenvalue weighted by atomic mass is 9.79. The maximum absolute atomic E-state index is 12.6. The smallest absolute Gasteiger partial charge is 0.168 e. The van der Waals surface area contributed by atoms with E-state index in [1.54, 1.807) is 17.5 Å². The quantitative estimate of drug-likeness (QED) is 0.482. The van der Waals surface area contributed by atoms with E-state index in [1.807, 2.05) is 37.2 Å². The van der Waals surface area contributed by atoms with Crippen LogP contribution in [0.5, 0.6) is 0 Å². The van der Waals surface area contributed by atoms with Gasteiger partial charge in [-0.25, -0.2) is 0 Å². The first-order valence-electron chi connectivity index (χ1n) is 8.82. The molecule has 1 aliphatic rings. The molecule has 0 aliphatic heterocycles. The van der Waals surface area contributed by atoms with E-state index in [-0.39, 0.29) is 17.5 Å². The molecule has 5 heteroatoms. The first kappa shape index (κ1) is 18.5. The third-order valence-electron chi connectivity index (χ3n) is 4.63. The van der Waals surface area contributed by atoms with Gasteiger partial charge in [0.05, 0.1) is 5.57 Å². The number of benzene rings is 1. The first-order valence-corrected chi connectivity index (χ1v) is 9.76. The average molecular weight is 369 g/mol. The summed E-state index contributed by atoms with van der Waals surface area (Å²) in [5.41, 5.74) is 3.70. The predicted molar refractivity (Wildman–Crippen MR) is 106 cm³/mol. The van der Waals surface area contributed by atoms with E-state index in [2.05, 4.69) is 28.2 Å². The summed E-state index contributed by atoms with van der Waals surface area (Å²) in [7, 11) is 3.98. The number of carbonyl (C=O) groups excluding carboxylic acids is 2. The molecule has 1 aliphatic carbocycles. The van der Waals surface area contributed by atoms with Crippen LogP contribution >= 0.6 is 11.3 Å². The summed E-state index contributed by atoms with van der Waals surface area (Å²) in [6.45, 7) is 1.56.